The van der Waals surface area contributed by atoms with Crippen molar-refractivity contribution in [1.82, 2.24) is 4.72 Å². The minimum absolute atomic E-state index is 0.260. The lowest BCUT2D eigenvalue weighted by atomic mass is 10.2. The van der Waals surface area contributed by atoms with Gasteiger partial charge in [-0.3, -0.25) is 4.79 Å². The lowest BCUT2D eigenvalue weighted by molar-refractivity contribution is -0.139. The Morgan fingerprint density at radius 1 is 1.57 bits per heavy atom. The Kier molecular flexibility index (Phi) is 5.78. The number of sulfonamides is 1. The molecule has 1 unspecified atom stereocenters. The number of halogens is 1. The molecule has 0 saturated heterocycles. The summed E-state index contributed by atoms with van der Waals surface area (Å²) in [5.74, 6) is -1.95. The maximum atomic E-state index is 13.1. The van der Waals surface area contributed by atoms with Crippen LogP contribution in [0.25, 0.3) is 0 Å². The van der Waals surface area contributed by atoms with E-state index in [0.717, 1.165) is 18.2 Å². The third-order valence-corrected chi connectivity index (χ3v) is 4.03. The first-order valence-corrected chi connectivity index (χ1v) is 7.22. The molecule has 21 heavy (non-hydrogen) atoms. The monoisotopic (exact) mass is 316 g/mol. The van der Waals surface area contributed by atoms with Gasteiger partial charge in [-0.25, -0.2) is 17.5 Å². The molecule has 0 heterocycles. The van der Waals surface area contributed by atoms with Crippen LogP contribution >= 0.6 is 0 Å². The summed E-state index contributed by atoms with van der Waals surface area (Å²) in [4.78, 5) is 10.3. The van der Waals surface area contributed by atoms with Crippen molar-refractivity contribution in [3.8, 4) is 6.07 Å². The number of carboxylic acids is 1. The first kappa shape index (κ1) is 17.0. The van der Waals surface area contributed by atoms with Crippen molar-refractivity contribution in [2.75, 3.05) is 13.7 Å². The molecule has 0 saturated carbocycles. The van der Waals surface area contributed by atoms with Crippen LogP contribution in [0.1, 0.15) is 12.0 Å². The molecule has 0 aliphatic rings. The standard InChI is InChI=1S/C12H13FN2O5S/c1-20-9(5-12(16)17)7-15-21(18,19)10-2-3-11(13)8(4-10)6-14/h2-4,9,15H,5,7H2,1H3,(H,16,17). The summed E-state index contributed by atoms with van der Waals surface area (Å²) in [5.41, 5.74) is -0.397. The molecule has 1 aromatic carbocycles. The number of hydrogen-bond donors (Lipinski definition) is 2. The van der Waals surface area contributed by atoms with E-state index in [4.69, 9.17) is 15.1 Å². The number of rotatable bonds is 7. The Morgan fingerprint density at radius 2 is 2.24 bits per heavy atom. The van der Waals surface area contributed by atoms with E-state index in [0.29, 0.717) is 0 Å². The molecule has 0 spiro atoms. The second kappa shape index (κ2) is 7.12. The van der Waals surface area contributed by atoms with E-state index in [9.17, 15) is 17.6 Å². The molecule has 1 atom stereocenters. The summed E-state index contributed by atoms with van der Waals surface area (Å²) >= 11 is 0. The predicted octanol–water partition coefficient (Wildman–Crippen LogP) is 0.465. The first-order valence-electron chi connectivity index (χ1n) is 5.74. The Bertz CT molecular complexity index is 669. The van der Waals surface area contributed by atoms with Crippen LogP contribution in [-0.4, -0.2) is 39.3 Å². The maximum absolute atomic E-state index is 13.1. The van der Waals surface area contributed by atoms with Gasteiger partial charge in [-0.2, -0.15) is 5.26 Å². The number of carboxylic acid groups (broad SMARTS) is 1. The fourth-order valence-electron chi connectivity index (χ4n) is 1.48. The van der Waals surface area contributed by atoms with Crippen LogP contribution < -0.4 is 4.72 Å². The van der Waals surface area contributed by atoms with E-state index in [1.807, 2.05) is 0 Å². The SMILES string of the molecule is COC(CNS(=O)(=O)c1ccc(F)c(C#N)c1)CC(=O)O. The number of nitrogens with one attached hydrogen (secondary N) is 1. The second-order valence-electron chi connectivity index (χ2n) is 4.06. The minimum Gasteiger partial charge on any atom is -0.481 e. The molecule has 0 aliphatic carbocycles. The highest BCUT2D eigenvalue weighted by Gasteiger charge is 2.19. The summed E-state index contributed by atoms with van der Waals surface area (Å²) in [5, 5.41) is 17.3. The Morgan fingerprint density at radius 3 is 2.76 bits per heavy atom. The molecule has 114 valence electrons. The Hall–Kier alpha value is -2.02. The largest absolute Gasteiger partial charge is 0.481 e. The number of carbonyl (C=O) groups is 1. The second-order valence-corrected chi connectivity index (χ2v) is 5.83. The van der Waals surface area contributed by atoms with Crippen molar-refractivity contribution in [3.05, 3.63) is 29.6 Å². The molecule has 1 rings (SSSR count). The van der Waals surface area contributed by atoms with Crippen molar-refractivity contribution in [2.24, 2.45) is 0 Å². The van der Waals surface area contributed by atoms with Gasteiger partial charge < -0.3 is 9.84 Å². The third kappa shape index (κ3) is 4.78. The quantitative estimate of drug-likeness (QED) is 0.755. The van der Waals surface area contributed by atoms with Crippen molar-refractivity contribution in [3.63, 3.8) is 0 Å². The molecule has 0 aromatic heterocycles. The van der Waals surface area contributed by atoms with Crippen molar-refractivity contribution in [1.29, 1.82) is 5.26 Å². The van der Waals surface area contributed by atoms with Gasteiger partial charge in [-0.1, -0.05) is 0 Å². The molecule has 0 fully saturated rings. The molecule has 7 nitrogen and oxygen atoms in total. The summed E-state index contributed by atoms with van der Waals surface area (Å²) in [6.45, 7) is -0.260. The zero-order valence-corrected chi connectivity index (χ0v) is 11.9. The van der Waals surface area contributed by atoms with Gasteiger partial charge in [0, 0.05) is 13.7 Å². The average molecular weight is 316 g/mol. The lowest BCUT2D eigenvalue weighted by Crippen LogP contribution is -2.34. The maximum Gasteiger partial charge on any atom is 0.306 e. The van der Waals surface area contributed by atoms with Crippen LogP contribution in [0.3, 0.4) is 0 Å². The van der Waals surface area contributed by atoms with E-state index >= 15 is 0 Å². The molecule has 0 amide bonds. The van der Waals surface area contributed by atoms with Gasteiger partial charge in [0.2, 0.25) is 10.0 Å². The van der Waals surface area contributed by atoms with Gasteiger partial charge in [0.25, 0.3) is 0 Å². The van der Waals surface area contributed by atoms with Crippen LogP contribution in [0.4, 0.5) is 4.39 Å². The van der Waals surface area contributed by atoms with Gasteiger partial charge in [-0.05, 0) is 18.2 Å². The van der Waals surface area contributed by atoms with Crippen LogP contribution in [0.5, 0.6) is 0 Å². The molecule has 1 aromatic rings. The Labute approximate surface area is 121 Å². The highest BCUT2D eigenvalue weighted by atomic mass is 32.2. The molecule has 0 bridgehead atoms. The fourth-order valence-corrected chi connectivity index (χ4v) is 2.57. The normalized spacial score (nSPS) is 12.6. The molecule has 9 heteroatoms. The molecule has 0 radical (unpaired) electrons. The van der Waals surface area contributed by atoms with Gasteiger partial charge in [-0.15, -0.1) is 0 Å². The fraction of sp³-hybridized carbons (Fsp3) is 0.333. The zero-order chi connectivity index (χ0) is 16.0. The van der Waals surface area contributed by atoms with E-state index in [2.05, 4.69) is 4.72 Å². The topological polar surface area (TPSA) is 116 Å². The Balaban J connectivity index is 2.87. The number of hydrogen-bond acceptors (Lipinski definition) is 5. The highest BCUT2D eigenvalue weighted by Crippen LogP contribution is 2.14. The summed E-state index contributed by atoms with van der Waals surface area (Å²) in [7, 11) is -2.73. The molecule has 0 aliphatic heterocycles. The summed E-state index contributed by atoms with van der Waals surface area (Å²) < 4.78 is 44.1. The van der Waals surface area contributed by atoms with Gasteiger partial charge in [0.15, 0.2) is 0 Å². The summed E-state index contributed by atoms with van der Waals surface area (Å²) in [6, 6.07) is 4.32. The van der Waals surface area contributed by atoms with E-state index in [1.54, 1.807) is 6.07 Å². The molecular formula is C12H13FN2O5S. The van der Waals surface area contributed by atoms with Crippen molar-refractivity contribution >= 4 is 16.0 Å². The van der Waals surface area contributed by atoms with Gasteiger partial charge >= 0.3 is 5.97 Å². The number of methoxy groups -OCH3 is 1. The van der Waals surface area contributed by atoms with Crippen LogP contribution in [-0.2, 0) is 19.6 Å². The first-order chi connectivity index (χ1) is 9.80. The summed E-state index contributed by atoms with van der Waals surface area (Å²) in [6.07, 6.45) is -1.21. The van der Waals surface area contributed by atoms with Gasteiger partial charge in [0.05, 0.1) is 23.0 Å². The predicted molar refractivity (Wildman–Crippen MR) is 69.4 cm³/mol. The number of benzene rings is 1. The number of nitrogens with zero attached hydrogens (tertiary/aromatic N) is 1. The van der Waals surface area contributed by atoms with E-state index in [1.165, 1.54) is 7.11 Å². The third-order valence-electron chi connectivity index (χ3n) is 2.61. The lowest BCUT2D eigenvalue weighted by Gasteiger charge is -2.14. The smallest absolute Gasteiger partial charge is 0.306 e. The van der Waals surface area contributed by atoms with E-state index < -0.39 is 33.5 Å². The average Bonchev–Trinajstić information content (AvgIpc) is 2.43. The highest BCUT2D eigenvalue weighted by molar-refractivity contribution is 7.89. The molecule has 2 N–H and O–H groups in total. The van der Waals surface area contributed by atoms with Crippen LogP contribution in [0.2, 0.25) is 0 Å². The van der Waals surface area contributed by atoms with Crippen molar-refractivity contribution < 1.29 is 27.4 Å². The number of aliphatic carboxylic acids is 1. The zero-order valence-electron chi connectivity index (χ0n) is 11.0. The van der Waals surface area contributed by atoms with Gasteiger partial charge in [0.1, 0.15) is 11.9 Å². The number of ether oxygens (including phenoxy) is 1. The van der Waals surface area contributed by atoms with Crippen molar-refractivity contribution in [2.45, 2.75) is 17.4 Å². The number of nitriles is 1. The van der Waals surface area contributed by atoms with Crippen LogP contribution in [0, 0.1) is 17.1 Å². The molecular weight excluding hydrogens is 303 g/mol. The van der Waals surface area contributed by atoms with Crippen LogP contribution in [0.15, 0.2) is 23.1 Å². The van der Waals surface area contributed by atoms with E-state index in [-0.39, 0.29) is 17.9 Å². The minimum atomic E-state index is -3.99.